The zero-order valence-electron chi connectivity index (χ0n) is 14.5. The van der Waals surface area contributed by atoms with E-state index in [1.165, 1.54) is 4.90 Å². The molecule has 0 aliphatic heterocycles. The van der Waals surface area contributed by atoms with E-state index in [1.807, 2.05) is 12.1 Å². The minimum Gasteiger partial charge on any atom is -0.450 e. The number of halogens is 1. The molecule has 1 aromatic heterocycles. The molecule has 27 heavy (non-hydrogen) atoms. The molecule has 0 aliphatic rings. The van der Waals surface area contributed by atoms with Gasteiger partial charge in [0.05, 0.1) is 5.39 Å². The Bertz CT molecular complexity index is 1040. The standard InChI is InChI=1S/C20H16ClNO5/c1-22(11-13-6-8-14(21)9-7-13)19(24)12-26-20(25)18-10-16(23)15-4-2-3-5-17(15)27-18/h2-10H,11-12H2,1H3. The SMILES string of the molecule is CN(Cc1ccc(Cl)cc1)C(=O)COC(=O)c1cc(=O)c2ccccc2o1. The number of carbonyl (C=O) groups is 2. The summed E-state index contributed by atoms with van der Waals surface area (Å²) in [6.45, 7) is -0.113. The molecular weight excluding hydrogens is 370 g/mol. The lowest BCUT2D eigenvalue weighted by molar-refractivity contribution is -0.133. The molecule has 138 valence electrons. The first kappa shape index (κ1) is 18.7. The van der Waals surface area contributed by atoms with E-state index in [9.17, 15) is 14.4 Å². The van der Waals surface area contributed by atoms with Gasteiger partial charge in [-0.25, -0.2) is 4.79 Å². The molecule has 1 heterocycles. The van der Waals surface area contributed by atoms with Crippen molar-refractivity contribution in [2.24, 2.45) is 0 Å². The molecule has 6 nitrogen and oxygen atoms in total. The van der Waals surface area contributed by atoms with Crippen molar-refractivity contribution in [2.75, 3.05) is 13.7 Å². The van der Waals surface area contributed by atoms with Gasteiger partial charge in [-0.15, -0.1) is 0 Å². The number of fused-ring (bicyclic) bond motifs is 1. The molecule has 0 saturated carbocycles. The lowest BCUT2D eigenvalue weighted by Gasteiger charge is -2.17. The van der Waals surface area contributed by atoms with Gasteiger partial charge in [-0.05, 0) is 29.8 Å². The van der Waals surface area contributed by atoms with E-state index in [-0.39, 0.29) is 22.7 Å². The van der Waals surface area contributed by atoms with Crippen LogP contribution >= 0.6 is 11.6 Å². The second kappa shape index (κ2) is 8.05. The zero-order valence-corrected chi connectivity index (χ0v) is 15.2. The largest absolute Gasteiger partial charge is 0.450 e. The minimum atomic E-state index is -0.869. The number of hydrogen-bond acceptors (Lipinski definition) is 5. The highest BCUT2D eigenvalue weighted by molar-refractivity contribution is 6.30. The Morgan fingerprint density at radius 3 is 2.56 bits per heavy atom. The third-order valence-corrected chi connectivity index (χ3v) is 4.17. The van der Waals surface area contributed by atoms with Gasteiger partial charge in [0.15, 0.2) is 12.0 Å². The number of benzene rings is 2. The highest BCUT2D eigenvalue weighted by Crippen LogP contribution is 2.13. The van der Waals surface area contributed by atoms with E-state index in [0.29, 0.717) is 17.0 Å². The average Bonchev–Trinajstić information content (AvgIpc) is 2.67. The van der Waals surface area contributed by atoms with Gasteiger partial charge in [-0.3, -0.25) is 9.59 Å². The summed E-state index contributed by atoms with van der Waals surface area (Å²) in [5.41, 5.74) is 0.820. The molecule has 1 amide bonds. The van der Waals surface area contributed by atoms with Crippen LogP contribution in [0, 0.1) is 0 Å². The average molecular weight is 386 g/mol. The maximum atomic E-state index is 12.2. The lowest BCUT2D eigenvalue weighted by atomic mass is 10.2. The first-order valence-electron chi connectivity index (χ1n) is 8.12. The van der Waals surface area contributed by atoms with Crippen LogP contribution in [0.3, 0.4) is 0 Å². The number of nitrogens with zero attached hydrogens (tertiary/aromatic N) is 1. The van der Waals surface area contributed by atoms with Crippen molar-refractivity contribution < 1.29 is 18.7 Å². The number of carbonyl (C=O) groups excluding carboxylic acids is 2. The molecule has 0 fully saturated rings. The number of rotatable bonds is 5. The van der Waals surface area contributed by atoms with Gasteiger partial charge in [-0.2, -0.15) is 0 Å². The minimum absolute atomic E-state index is 0.244. The molecular formula is C20H16ClNO5. The lowest BCUT2D eigenvalue weighted by Crippen LogP contribution is -2.30. The third kappa shape index (κ3) is 4.54. The first-order chi connectivity index (χ1) is 12.9. The van der Waals surface area contributed by atoms with Crippen LogP contribution in [0.2, 0.25) is 5.02 Å². The molecule has 7 heteroatoms. The molecule has 0 unspecified atom stereocenters. The van der Waals surface area contributed by atoms with Crippen LogP contribution in [0.1, 0.15) is 16.1 Å². The number of para-hydroxylation sites is 1. The highest BCUT2D eigenvalue weighted by atomic mass is 35.5. The second-order valence-electron chi connectivity index (χ2n) is 5.92. The fourth-order valence-corrected chi connectivity index (χ4v) is 2.59. The Balaban J connectivity index is 1.62. The maximum absolute atomic E-state index is 12.2. The number of esters is 1. The van der Waals surface area contributed by atoms with Gasteiger partial charge in [0.1, 0.15) is 5.58 Å². The predicted octanol–water partition coefficient (Wildman–Crippen LogP) is 3.26. The van der Waals surface area contributed by atoms with Crippen molar-refractivity contribution in [1.82, 2.24) is 4.90 Å². The summed E-state index contributed by atoms with van der Waals surface area (Å²) in [4.78, 5) is 37.7. The van der Waals surface area contributed by atoms with E-state index in [4.69, 9.17) is 20.8 Å². The van der Waals surface area contributed by atoms with Crippen molar-refractivity contribution in [2.45, 2.75) is 6.54 Å². The van der Waals surface area contributed by atoms with Crippen LogP contribution in [0.4, 0.5) is 0 Å². The van der Waals surface area contributed by atoms with Gasteiger partial charge in [-0.1, -0.05) is 35.9 Å². The summed E-state index contributed by atoms with van der Waals surface area (Å²) in [6, 6.07) is 14.7. The second-order valence-corrected chi connectivity index (χ2v) is 6.36. The quantitative estimate of drug-likeness (QED) is 0.630. The molecule has 0 atom stereocenters. The van der Waals surface area contributed by atoms with Crippen molar-refractivity contribution >= 4 is 34.4 Å². The summed E-state index contributed by atoms with van der Waals surface area (Å²) in [5, 5.41) is 0.978. The molecule has 0 spiro atoms. The first-order valence-corrected chi connectivity index (χ1v) is 8.50. The van der Waals surface area contributed by atoms with Crippen LogP contribution in [-0.2, 0) is 16.1 Å². The third-order valence-electron chi connectivity index (χ3n) is 3.92. The smallest absolute Gasteiger partial charge is 0.374 e. The van der Waals surface area contributed by atoms with Gasteiger partial charge in [0, 0.05) is 24.7 Å². The normalized spacial score (nSPS) is 10.6. The Morgan fingerprint density at radius 2 is 1.81 bits per heavy atom. The number of amides is 1. The predicted molar refractivity (Wildman–Crippen MR) is 101 cm³/mol. The van der Waals surface area contributed by atoms with Gasteiger partial charge in [0.25, 0.3) is 5.91 Å². The Kier molecular flexibility index (Phi) is 5.57. The molecule has 0 aliphatic carbocycles. The fourth-order valence-electron chi connectivity index (χ4n) is 2.46. The molecule has 3 rings (SSSR count). The van der Waals surface area contributed by atoms with E-state index in [2.05, 4.69) is 0 Å². The summed E-state index contributed by atoms with van der Waals surface area (Å²) < 4.78 is 10.4. The number of hydrogen-bond donors (Lipinski definition) is 0. The summed E-state index contributed by atoms with van der Waals surface area (Å²) >= 11 is 5.83. The molecule has 3 aromatic rings. The van der Waals surface area contributed by atoms with Crippen molar-refractivity contribution in [3.05, 3.63) is 81.2 Å². The molecule has 0 bridgehead atoms. The van der Waals surface area contributed by atoms with Crippen LogP contribution in [0.15, 0.2) is 63.8 Å². The zero-order chi connectivity index (χ0) is 19.4. The Labute approximate surface area is 159 Å². The van der Waals surface area contributed by atoms with Gasteiger partial charge in [0.2, 0.25) is 5.76 Å². The van der Waals surface area contributed by atoms with Crippen LogP contribution in [0.5, 0.6) is 0 Å². The van der Waals surface area contributed by atoms with Crippen molar-refractivity contribution in [1.29, 1.82) is 0 Å². The summed E-state index contributed by atoms with van der Waals surface area (Å²) in [6.07, 6.45) is 0. The fraction of sp³-hybridized carbons (Fsp3) is 0.150. The van der Waals surface area contributed by atoms with Crippen molar-refractivity contribution in [3.63, 3.8) is 0 Å². The summed E-state index contributed by atoms with van der Waals surface area (Å²) in [5.74, 6) is -1.50. The summed E-state index contributed by atoms with van der Waals surface area (Å²) in [7, 11) is 1.60. The Morgan fingerprint density at radius 1 is 1.11 bits per heavy atom. The van der Waals surface area contributed by atoms with Crippen molar-refractivity contribution in [3.8, 4) is 0 Å². The van der Waals surface area contributed by atoms with E-state index in [0.717, 1.165) is 11.6 Å². The van der Waals surface area contributed by atoms with E-state index < -0.39 is 12.6 Å². The van der Waals surface area contributed by atoms with E-state index in [1.54, 1.807) is 43.4 Å². The highest BCUT2D eigenvalue weighted by Gasteiger charge is 2.17. The van der Waals surface area contributed by atoms with E-state index >= 15 is 0 Å². The number of ether oxygens (including phenoxy) is 1. The number of likely N-dealkylation sites (N-methyl/N-ethyl adjacent to an activating group) is 1. The molecule has 0 N–H and O–H groups in total. The van der Waals surface area contributed by atoms with Gasteiger partial charge >= 0.3 is 5.97 Å². The Hall–Kier alpha value is -3.12. The van der Waals surface area contributed by atoms with Crippen LogP contribution in [-0.4, -0.2) is 30.4 Å². The van der Waals surface area contributed by atoms with Crippen LogP contribution < -0.4 is 5.43 Å². The molecule has 0 saturated heterocycles. The molecule has 0 radical (unpaired) electrons. The van der Waals surface area contributed by atoms with Crippen LogP contribution in [0.25, 0.3) is 11.0 Å². The van der Waals surface area contributed by atoms with Gasteiger partial charge < -0.3 is 14.1 Å². The topological polar surface area (TPSA) is 76.8 Å². The molecule has 2 aromatic carbocycles. The monoisotopic (exact) mass is 385 g/mol. The maximum Gasteiger partial charge on any atom is 0.374 e.